The fraction of sp³-hybridized carbons (Fsp3) is 0.105. The van der Waals surface area contributed by atoms with Gasteiger partial charge in [-0.1, -0.05) is 12.1 Å². The highest BCUT2D eigenvalue weighted by Gasteiger charge is 2.29. The van der Waals surface area contributed by atoms with E-state index < -0.39 is 93.1 Å². The van der Waals surface area contributed by atoms with Gasteiger partial charge in [-0.2, -0.15) is 0 Å². The molecule has 10 rings (SSSR count). The van der Waals surface area contributed by atoms with E-state index in [1.807, 2.05) is 0 Å². The van der Waals surface area contributed by atoms with Crippen LogP contribution in [0.4, 0.5) is 50.3 Å². The Hall–Kier alpha value is -10.2. The van der Waals surface area contributed by atoms with Gasteiger partial charge in [0.1, 0.15) is 34.2 Å². The molecule has 0 saturated carbocycles. The Morgan fingerprint density at radius 1 is 0.287 bits per heavy atom. The van der Waals surface area contributed by atoms with Crippen LogP contribution in [0.15, 0.2) is 134 Å². The molecule has 33 nitrogen and oxygen atoms in total. The Kier molecular flexibility index (Phi) is 17.7. The number of carbonyl (C=O) groups excluding carboxylic acids is 7. The predicted octanol–water partition coefficient (Wildman–Crippen LogP) is 4.39. The minimum absolute atomic E-state index is 0.0336. The van der Waals surface area contributed by atoms with Crippen LogP contribution < -0.4 is 63.8 Å². The average molecular weight is 1370 g/mol. The van der Waals surface area contributed by atoms with Crippen molar-refractivity contribution in [2.45, 2.75) is 0 Å². The highest BCUT2D eigenvalue weighted by Crippen LogP contribution is 2.42. The number of urea groups is 1. The summed E-state index contributed by atoms with van der Waals surface area (Å²) in [6, 6.07) is 18.6. The maximum atomic E-state index is 13.6. The van der Waals surface area contributed by atoms with Crippen LogP contribution in [0.3, 0.4) is 0 Å². The molecular weight excluding hydrogens is 1310 g/mol. The fourth-order valence-electron chi connectivity index (χ4n) is 10.3. The number of carbonyl (C=O) groups is 7. The van der Waals surface area contributed by atoms with Crippen molar-refractivity contribution in [2.24, 2.45) is 42.3 Å². The summed E-state index contributed by atoms with van der Waals surface area (Å²) in [6.07, 6.45) is 8.80. The van der Waals surface area contributed by atoms with Gasteiger partial charge in [0.15, 0.2) is 0 Å². The van der Waals surface area contributed by atoms with Crippen molar-refractivity contribution in [3.63, 3.8) is 0 Å². The molecule has 0 radical (unpaired) electrons. The largest absolute Gasteiger partial charge is 0.356 e. The summed E-state index contributed by atoms with van der Waals surface area (Å²) < 4.78 is 57.1. The monoisotopic (exact) mass is 1360 g/mol. The molecule has 0 aliphatic heterocycles. The average Bonchev–Trinajstić information content (AvgIpc) is 1.17. The zero-order valence-corrected chi connectivity index (χ0v) is 53.3. The van der Waals surface area contributed by atoms with E-state index in [-0.39, 0.29) is 101 Å². The van der Waals surface area contributed by atoms with E-state index in [1.54, 1.807) is 28.2 Å². The van der Waals surface area contributed by atoms with Crippen molar-refractivity contribution in [3.05, 3.63) is 168 Å². The smallest absolute Gasteiger partial charge is 0.344 e. The molecule has 6 heterocycles. The molecule has 16 N–H and O–H groups in total. The summed E-state index contributed by atoms with van der Waals surface area (Å²) in [5.41, 5.74) is 1.80. The summed E-state index contributed by atoms with van der Waals surface area (Å²) in [5.74, 6) is -3.92. The zero-order chi connectivity index (χ0) is 68.4. The molecule has 0 bridgehead atoms. The summed E-state index contributed by atoms with van der Waals surface area (Å²) in [6.45, 7) is 0. The number of nitrogens with zero attached hydrogens (tertiary/aromatic N) is 6. The van der Waals surface area contributed by atoms with Crippen molar-refractivity contribution in [3.8, 4) is 0 Å². The Morgan fingerprint density at radius 2 is 0.521 bits per heavy atom. The molecule has 0 spiro atoms. The first-order chi connectivity index (χ1) is 43.9. The second-order valence-corrected chi connectivity index (χ2v) is 27.9. The third-order valence-corrected chi connectivity index (χ3v) is 18.7. The molecule has 10 aromatic rings. The molecule has 0 aliphatic carbocycles. The molecule has 37 heteroatoms. The lowest BCUT2D eigenvalue weighted by Crippen LogP contribution is -2.18. The summed E-state index contributed by atoms with van der Waals surface area (Å²) in [5, 5.41) is 19.2. The van der Waals surface area contributed by atoms with Gasteiger partial charge in [-0.25, -0.2) is 4.79 Å². The van der Waals surface area contributed by atoms with Gasteiger partial charge < -0.3 is 109 Å². The van der Waals surface area contributed by atoms with Crippen LogP contribution in [0.2, 0.25) is 0 Å². The topological polar surface area (TPSA) is 475 Å². The van der Waals surface area contributed by atoms with Crippen molar-refractivity contribution in [1.29, 1.82) is 0 Å². The number of aryl methyl sites for hydroxylation is 6. The molecule has 8 amide bonds. The van der Waals surface area contributed by atoms with E-state index in [0.29, 0.717) is 0 Å². The summed E-state index contributed by atoms with van der Waals surface area (Å²) in [4.78, 5) is 173. The lowest BCUT2D eigenvalue weighted by atomic mass is 10.1. The second-order valence-electron chi connectivity index (χ2n) is 21.6. The Bertz CT molecular complexity index is 4760. The molecule has 488 valence electrons. The SMILES string of the molecule is Cn1cc(NC(=O)Nc2cc(C(=O)Nc3cc(C(=O)Nc4cc(C(=O)Nc5ccc(P(=O)(O)O)c6cc(P(=O)(O)O)ccc56)n(C)c4)n(C)c3)n(C)c2)cc1C(=O)Nc1cc(C(=O)Nc2cc(C(=O)Nc3ccc(P(=O)(O)O)c4cc(P(=O)(O)O)ccc34)n(C)c2)n(C)c1. The number of rotatable bonds is 18. The second kappa shape index (κ2) is 25.0. The van der Waals surface area contributed by atoms with Gasteiger partial charge in [0.2, 0.25) is 0 Å². The molecule has 0 unspecified atom stereocenters. The van der Waals surface area contributed by atoms with Gasteiger partial charge in [-0.3, -0.25) is 47.0 Å². The van der Waals surface area contributed by atoms with Crippen molar-refractivity contribution < 1.29 is 91.0 Å². The van der Waals surface area contributed by atoms with E-state index in [1.165, 1.54) is 139 Å². The van der Waals surface area contributed by atoms with Crippen LogP contribution in [-0.2, 0) is 60.5 Å². The number of aromatic nitrogens is 6. The highest BCUT2D eigenvalue weighted by molar-refractivity contribution is 7.62. The lowest BCUT2D eigenvalue weighted by molar-refractivity contribution is 0.101. The quantitative estimate of drug-likeness (QED) is 0.0529. The fourth-order valence-corrected chi connectivity index (χ4v) is 13.0. The van der Waals surface area contributed by atoms with Gasteiger partial charge in [0.05, 0.1) is 55.3 Å². The van der Waals surface area contributed by atoms with Crippen LogP contribution in [0.25, 0.3) is 21.5 Å². The van der Waals surface area contributed by atoms with E-state index in [9.17, 15) is 91.0 Å². The third-order valence-electron chi connectivity index (χ3n) is 14.7. The summed E-state index contributed by atoms with van der Waals surface area (Å²) >= 11 is 0. The molecule has 94 heavy (non-hydrogen) atoms. The van der Waals surface area contributed by atoms with Crippen LogP contribution in [0.1, 0.15) is 62.9 Å². The third kappa shape index (κ3) is 14.2. The Morgan fingerprint density at radius 3 is 0.755 bits per heavy atom. The van der Waals surface area contributed by atoms with Gasteiger partial charge in [0, 0.05) is 112 Å². The van der Waals surface area contributed by atoms with Gasteiger partial charge in [-0.05, 0) is 84.9 Å². The highest BCUT2D eigenvalue weighted by atomic mass is 31.2. The van der Waals surface area contributed by atoms with Crippen LogP contribution in [-0.4, -0.2) is 108 Å². The van der Waals surface area contributed by atoms with E-state index in [0.717, 1.165) is 36.4 Å². The van der Waals surface area contributed by atoms with E-state index in [4.69, 9.17) is 0 Å². The predicted molar refractivity (Wildman–Crippen MR) is 347 cm³/mol. The Labute approximate surface area is 529 Å². The molecule has 0 fully saturated rings. The first-order valence-electron chi connectivity index (χ1n) is 27.2. The normalized spacial score (nSPS) is 12.0. The maximum absolute atomic E-state index is 13.6. The first kappa shape index (κ1) is 66.7. The molecule has 0 aliphatic rings. The number of fused-ring (bicyclic) bond motifs is 2. The van der Waals surface area contributed by atoms with Crippen molar-refractivity contribution >= 4 is 160 Å². The van der Waals surface area contributed by atoms with Crippen LogP contribution >= 0.6 is 30.4 Å². The lowest BCUT2D eigenvalue weighted by Gasteiger charge is -2.15. The van der Waals surface area contributed by atoms with Crippen molar-refractivity contribution in [1.82, 2.24) is 27.4 Å². The number of anilines is 8. The van der Waals surface area contributed by atoms with Crippen LogP contribution in [0.5, 0.6) is 0 Å². The minimum atomic E-state index is -4.94. The van der Waals surface area contributed by atoms with Gasteiger partial charge in [0.25, 0.3) is 35.4 Å². The molecule has 4 aromatic carbocycles. The number of benzene rings is 4. The zero-order valence-electron chi connectivity index (χ0n) is 49.7. The molecule has 0 atom stereocenters. The number of nitrogens with one attached hydrogen (secondary N) is 8. The number of hydrogen-bond acceptors (Lipinski definition) is 11. The van der Waals surface area contributed by atoms with Gasteiger partial charge in [-0.15, -0.1) is 0 Å². The number of hydrogen-bond donors (Lipinski definition) is 16. The van der Waals surface area contributed by atoms with Crippen LogP contribution in [0, 0.1) is 0 Å². The van der Waals surface area contributed by atoms with E-state index >= 15 is 0 Å². The molecular formula is C57H56N14O19P4. The minimum Gasteiger partial charge on any atom is -0.344 e. The Balaban J connectivity index is 0.717. The summed E-state index contributed by atoms with van der Waals surface area (Å²) in [7, 11) is -10.2. The maximum Gasteiger partial charge on any atom is 0.356 e. The van der Waals surface area contributed by atoms with Crippen molar-refractivity contribution in [2.75, 3.05) is 42.5 Å². The molecule has 0 saturated heterocycles. The molecule has 6 aromatic heterocycles. The standard InChI is InChI=1S/C57H56N14O19P4/c1-66-23-29(15-43(66)51(72)60-31-17-47(68(3)25-31)55(76)64-41-11-13-49(93(85,86)87)39-21-35(91(79,80)81)7-9-37(39)41)58-53(74)45-19-33(27-70(45)5)62-57(78)63-34-20-46(71(6)28-34)54(75)59-30-16-44(67(2)24-30)52(73)61-32-18-48(69(4)26-32)56(77)65-42-12-14-50(94(88,89)90)40-22-36(92(82,83)84)8-10-38(40)42/h7-28H,1-6H3,(H,58,74)(H,59,75)(H,60,72)(H,61,73)(H,64,76)(H,65,77)(H2,62,63,78)(H2,79,80,81)(H2,82,83,84)(H2,85,86,87)(H2,88,89,90). The number of amides is 8. The van der Waals surface area contributed by atoms with E-state index in [2.05, 4.69) is 42.5 Å². The first-order valence-corrected chi connectivity index (χ1v) is 33.7. The van der Waals surface area contributed by atoms with Gasteiger partial charge >= 0.3 is 36.4 Å².